The van der Waals surface area contributed by atoms with E-state index >= 15 is 0 Å². The van der Waals surface area contributed by atoms with Gasteiger partial charge in [-0.3, -0.25) is 14.5 Å². The first kappa shape index (κ1) is 19.6. The quantitative estimate of drug-likeness (QED) is 0.746. The van der Waals surface area contributed by atoms with E-state index in [-0.39, 0.29) is 11.8 Å². The first-order valence-corrected chi connectivity index (χ1v) is 10.4. The van der Waals surface area contributed by atoms with E-state index in [0.29, 0.717) is 24.3 Å². The van der Waals surface area contributed by atoms with Crippen molar-refractivity contribution in [1.29, 1.82) is 0 Å². The van der Waals surface area contributed by atoms with E-state index in [1.807, 2.05) is 16.3 Å². The fourth-order valence-corrected chi connectivity index (χ4v) is 3.96. The van der Waals surface area contributed by atoms with Crippen LogP contribution in [-0.2, 0) is 11.3 Å². The van der Waals surface area contributed by atoms with Gasteiger partial charge in [-0.2, -0.15) is 0 Å². The van der Waals surface area contributed by atoms with Crippen LogP contribution in [0.4, 0.5) is 0 Å². The molecule has 1 fully saturated rings. The number of thiophene rings is 1. The van der Waals surface area contributed by atoms with Crippen molar-refractivity contribution in [3.8, 4) is 0 Å². The second-order valence-corrected chi connectivity index (χ2v) is 7.93. The Labute approximate surface area is 165 Å². The molecular weight excluding hydrogens is 358 g/mol. The zero-order valence-corrected chi connectivity index (χ0v) is 16.6. The van der Waals surface area contributed by atoms with Gasteiger partial charge in [0.1, 0.15) is 0 Å². The number of carbonyl (C=O) groups is 2. The summed E-state index contributed by atoms with van der Waals surface area (Å²) in [6, 6.07) is 12.3. The average Bonchev–Trinajstić information content (AvgIpc) is 3.20. The molecular formula is C21H27N3O2S. The van der Waals surface area contributed by atoms with Gasteiger partial charge in [-0.05, 0) is 30.4 Å². The number of hydrogen-bond acceptors (Lipinski definition) is 4. The van der Waals surface area contributed by atoms with Gasteiger partial charge < -0.3 is 10.2 Å². The SMILES string of the molecule is Cc1cccc(CN2CCN(C(=O)CCCNC(=O)c3cccs3)CC2)c1. The van der Waals surface area contributed by atoms with Crippen molar-refractivity contribution in [1.82, 2.24) is 15.1 Å². The topological polar surface area (TPSA) is 52.6 Å². The van der Waals surface area contributed by atoms with Gasteiger partial charge in [0, 0.05) is 45.7 Å². The summed E-state index contributed by atoms with van der Waals surface area (Å²) in [6.07, 6.45) is 1.17. The van der Waals surface area contributed by atoms with Gasteiger partial charge in [-0.15, -0.1) is 11.3 Å². The Hall–Kier alpha value is -2.18. The summed E-state index contributed by atoms with van der Waals surface area (Å²) in [4.78, 5) is 29.3. The number of carbonyl (C=O) groups excluding carboxylic acids is 2. The molecule has 1 aliphatic rings. The van der Waals surface area contributed by atoms with Crippen LogP contribution >= 0.6 is 11.3 Å². The summed E-state index contributed by atoms with van der Waals surface area (Å²) in [5.41, 5.74) is 2.61. The van der Waals surface area contributed by atoms with Crippen molar-refractivity contribution in [2.24, 2.45) is 0 Å². The maximum absolute atomic E-state index is 12.4. The maximum atomic E-state index is 12.4. The molecule has 0 atom stereocenters. The van der Waals surface area contributed by atoms with Crippen LogP contribution in [0.1, 0.15) is 33.6 Å². The van der Waals surface area contributed by atoms with Crippen molar-refractivity contribution in [2.75, 3.05) is 32.7 Å². The molecule has 1 saturated heterocycles. The van der Waals surface area contributed by atoms with E-state index < -0.39 is 0 Å². The van der Waals surface area contributed by atoms with Crippen molar-refractivity contribution in [2.45, 2.75) is 26.3 Å². The van der Waals surface area contributed by atoms with Gasteiger partial charge in [0.2, 0.25) is 5.91 Å². The first-order valence-electron chi connectivity index (χ1n) is 9.49. The van der Waals surface area contributed by atoms with Gasteiger partial charge in [-0.1, -0.05) is 35.9 Å². The summed E-state index contributed by atoms with van der Waals surface area (Å²) in [6.45, 7) is 6.99. The number of rotatable bonds is 7. The monoisotopic (exact) mass is 385 g/mol. The highest BCUT2D eigenvalue weighted by atomic mass is 32.1. The molecule has 1 N–H and O–H groups in total. The highest BCUT2D eigenvalue weighted by Crippen LogP contribution is 2.12. The molecule has 1 aromatic carbocycles. The second kappa shape index (κ2) is 9.67. The van der Waals surface area contributed by atoms with Gasteiger partial charge in [0.15, 0.2) is 0 Å². The number of nitrogens with one attached hydrogen (secondary N) is 1. The summed E-state index contributed by atoms with van der Waals surface area (Å²) >= 11 is 1.43. The molecule has 0 spiro atoms. The fourth-order valence-electron chi connectivity index (χ4n) is 3.32. The molecule has 0 aliphatic carbocycles. The Balaban J connectivity index is 1.33. The van der Waals surface area contributed by atoms with Gasteiger partial charge >= 0.3 is 0 Å². The molecule has 3 rings (SSSR count). The zero-order valence-electron chi connectivity index (χ0n) is 15.8. The molecule has 2 aromatic rings. The molecule has 144 valence electrons. The Morgan fingerprint density at radius 3 is 2.63 bits per heavy atom. The summed E-state index contributed by atoms with van der Waals surface area (Å²) in [5.74, 6) is 0.137. The first-order chi connectivity index (χ1) is 13.1. The number of benzene rings is 1. The molecule has 2 heterocycles. The third-order valence-electron chi connectivity index (χ3n) is 4.81. The lowest BCUT2D eigenvalue weighted by molar-refractivity contribution is -0.133. The molecule has 2 amide bonds. The Morgan fingerprint density at radius 2 is 1.93 bits per heavy atom. The Bertz CT molecular complexity index is 753. The lowest BCUT2D eigenvalue weighted by Gasteiger charge is -2.35. The van der Waals surface area contributed by atoms with E-state index in [1.165, 1.54) is 22.5 Å². The van der Waals surface area contributed by atoms with E-state index in [1.54, 1.807) is 6.07 Å². The van der Waals surface area contributed by atoms with Gasteiger partial charge in [0.05, 0.1) is 4.88 Å². The van der Waals surface area contributed by atoms with Crippen LogP contribution in [0.15, 0.2) is 41.8 Å². The van der Waals surface area contributed by atoms with Gasteiger partial charge in [0.25, 0.3) is 5.91 Å². The number of amides is 2. The van der Waals surface area contributed by atoms with Crippen LogP contribution in [0.2, 0.25) is 0 Å². The Morgan fingerprint density at radius 1 is 1.11 bits per heavy atom. The molecule has 6 heteroatoms. The lowest BCUT2D eigenvalue weighted by Crippen LogP contribution is -2.48. The number of nitrogens with zero attached hydrogens (tertiary/aromatic N) is 2. The van der Waals surface area contributed by atoms with Crippen molar-refractivity contribution >= 4 is 23.2 Å². The zero-order chi connectivity index (χ0) is 19.1. The van der Waals surface area contributed by atoms with Crippen molar-refractivity contribution in [3.05, 3.63) is 57.8 Å². The maximum Gasteiger partial charge on any atom is 0.261 e. The minimum absolute atomic E-state index is 0.0535. The summed E-state index contributed by atoms with van der Waals surface area (Å²) in [7, 11) is 0. The number of hydrogen-bond donors (Lipinski definition) is 1. The van der Waals surface area contributed by atoms with Crippen LogP contribution in [0, 0.1) is 6.92 Å². The Kier molecular flexibility index (Phi) is 7.01. The molecule has 1 aromatic heterocycles. The lowest BCUT2D eigenvalue weighted by atomic mass is 10.1. The van der Waals surface area contributed by atoms with Crippen molar-refractivity contribution in [3.63, 3.8) is 0 Å². The molecule has 1 aliphatic heterocycles. The number of aryl methyl sites for hydroxylation is 1. The third kappa shape index (κ3) is 5.91. The molecule has 0 saturated carbocycles. The molecule has 0 unspecified atom stereocenters. The van der Waals surface area contributed by atoms with Gasteiger partial charge in [-0.25, -0.2) is 0 Å². The highest BCUT2D eigenvalue weighted by Gasteiger charge is 2.20. The standard InChI is InChI=1S/C21H27N3O2S/c1-17-5-2-6-18(15-17)16-23-10-12-24(13-11-23)20(25)8-3-9-22-21(26)19-7-4-14-27-19/h2,4-7,14-15H,3,8-13,16H2,1H3,(H,22,26). The van der Waals surface area contributed by atoms with Crippen LogP contribution in [-0.4, -0.2) is 54.3 Å². The van der Waals surface area contributed by atoms with E-state index in [9.17, 15) is 9.59 Å². The molecule has 27 heavy (non-hydrogen) atoms. The van der Waals surface area contributed by atoms with E-state index in [0.717, 1.165) is 32.7 Å². The fraction of sp³-hybridized carbons (Fsp3) is 0.429. The molecule has 5 nitrogen and oxygen atoms in total. The summed E-state index contributed by atoms with van der Waals surface area (Å²) < 4.78 is 0. The van der Waals surface area contributed by atoms with Crippen LogP contribution in [0.3, 0.4) is 0 Å². The van der Waals surface area contributed by atoms with Crippen LogP contribution < -0.4 is 5.32 Å². The van der Waals surface area contributed by atoms with E-state index in [4.69, 9.17) is 0 Å². The highest BCUT2D eigenvalue weighted by molar-refractivity contribution is 7.12. The predicted octanol–water partition coefficient (Wildman–Crippen LogP) is 2.91. The van der Waals surface area contributed by atoms with Crippen LogP contribution in [0.25, 0.3) is 0 Å². The third-order valence-corrected chi connectivity index (χ3v) is 5.68. The normalized spacial score (nSPS) is 14.9. The van der Waals surface area contributed by atoms with Crippen molar-refractivity contribution < 1.29 is 9.59 Å². The molecule has 0 radical (unpaired) electrons. The minimum atomic E-state index is -0.0535. The summed E-state index contributed by atoms with van der Waals surface area (Å²) in [5, 5.41) is 4.76. The predicted molar refractivity (Wildman–Crippen MR) is 109 cm³/mol. The second-order valence-electron chi connectivity index (χ2n) is 6.98. The average molecular weight is 386 g/mol. The smallest absolute Gasteiger partial charge is 0.261 e. The molecule has 0 bridgehead atoms. The van der Waals surface area contributed by atoms with E-state index in [2.05, 4.69) is 41.4 Å². The minimum Gasteiger partial charge on any atom is -0.351 e. The largest absolute Gasteiger partial charge is 0.351 e. The van der Waals surface area contributed by atoms with Crippen LogP contribution in [0.5, 0.6) is 0 Å². The number of piperazine rings is 1.